The van der Waals surface area contributed by atoms with Crippen molar-refractivity contribution in [3.8, 4) is 11.6 Å². The van der Waals surface area contributed by atoms with Crippen molar-refractivity contribution < 1.29 is 9.47 Å². The van der Waals surface area contributed by atoms with Crippen molar-refractivity contribution in [1.29, 1.82) is 0 Å². The zero-order valence-corrected chi connectivity index (χ0v) is 15.5. The monoisotopic (exact) mass is 362 g/mol. The summed E-state index contributed by atoms with van der Waals surface area (Å²) in [5.41, 5.74) is 1.05. The van der Waals surface area contributed by atoms with Gasteiger partial charge < -0.3 is 19.7 Å². The molecule has 0 aliphatic rings. The quantitative estimate of drug-likeness (QED) is 0.606. The molecule has 0 amide bonds. The molecule has 25 heavy (non-hydrogen) atoms. The molecule has 1 aromatic carbocycles. The Morgan fingerprint density at radius 3 is 2.60 bits per heavy atom. The Hall–Kier alpha value is -2.47. The summed E-state index contributed by atoms with van der Waals surface area (Å²) in [6.45, 7) is 1.87. The van der Waals surface area contributed by atoms with Crippen molar-refractivity contribution >= 4 is 17.6 Å². The van der Waals surface area contributed by atoms with Crippen LogP contribution in [0.15, 0.2) is 47.6 Å². The fraction of sp³-hybridized carbons (Fsp3) is 0.333. The Labute approximate surface area is 153 Å². The number of methoxy groups -OCH3 is 1. The molecule has 0 unspecified atom stereocenters. The molecule has 0 aliphatic heterocycles. The predicted octanol–water partition coefficient (Wildman–Crippen LogP) is 2.83. The van der Waals surface area contributed by atoms with Gasteiger partial charge in [0.25, 0.3) is 0 Å². The van der Waals surface area contributed by atoms with E-state index in [0.29, 0.717) is 30.6 Å². The van der Waals surface area contributed by atoms with Gasteiger partial charge in [0.05, 0.1) is 13.7 Å². The lowest BCUT2D eigenvalue weighted by Crippen LogP contribution is -2.40. The molecule has 1 aromatic heterocycles. The molecule has 7 heteroatoms. The Balaban J connectivity index is 1.77. The van der Waals surface area contributed by atoms with Crippen molar-refractivity contribution in [2.75, 3.05) is 34.4 Å². The van der Waals surface area contributed by atoms with Crippen LogP contribution in [0.25, 0.3) is 0 Å². The van der Waals surface area contributed by atoms with Gasteiger partial charge in [-0.1, -0.05) is 17.7 Å². The second-order valence-corrected chi connectivity index (χ2v) is 5.77. The minimum Gasteiger partial charge on any atom is -0.492 e. The molecule has 6 nitrogen and oxygen atoms in total. The van der Waals surface area contributed by atoms with Crippen molar-refractivity contribution in [3.63, 3.8) is 0 Å². The molecule has 0 bridgehead atoms. The first-order valence-electron chi connectivity index (χ1n) is 7.91. The lowest BCUT2D eigenvalue weighted by atomic mass is 10.3. The first kappa shape index (κ1) is 18.9. The van der Waals surface area contributed by atoms with Crippen LogP contribution in [0.5, 0.6) is 11.6 Å². The Kier molecular flexibility index (Phi) is 7.35. The van der Waals surface area contributed by atoms with E-state index in [1.54, 1.807) is 20.4 Å². The topological polar surface area (TPSA) is 59.0 Å². The standard InChI is InChI=1S/C18H23ClN4O2/c1-20-18(22-13-14-4-9-17(24-3)21-12-14)23(2)10-11-25-16-7-5-15(19)6-8-16/h4-9,12H,10-11,13H2,1-3H3,(H,20,22). The number of nitrogens with zero attached hydrogens (tertiary/aromatic N) is 3. The summed E-state index contributed by atoms with van der Waals surface area (Å²) in [6, 6.07) is 11.1. The zero-order chi connectivity index (χ0) is 18.1. The number of aliphatic imine (C=N–C) groups is 1. The van der Waals surface area contributed by atoms with Gasteiger partial charge in [-0.2, -0.15) is 0 Å². The Morgan fingerprint density at radius 1 is 1.24 bits per heavy atom. The smallest absolute Gasteiger partial charge is 0.212 e. The summed E-state index contributed by atoms with van der Waals surface area (Å²) < 4.78 is 10.8. The number of nitrogens with one attached hydrogen (secondary N) is 1. The lowest BCUT2D eigenvalue weighted by molar-refractivity contribution is 0.281. The number of aromatic nitrogens is 1. The average Bonchev–Trinajstić information content (AvgIpc) is 2.64. The highest BCUT2D eigenvalue weighted by Gasteiger charge is 2.06. The second-order valence-electron chi connectivity index (χ2n) is 5.33. The molecule has 2 rings (SSSR count). The summed E-state index contributed by atoms with van der Waals surface area (Å²) in [5, 5.41) is 4.00. The molecule has 0 saturated carbocycles. The van der Waals surface area contributed by atoms with Crippen LogP contribution in [0.4, 0.5) is 0 Å². The number of pyridine rings is 1. The molecular formula is C18H23ClN4O2. The van der Waals surface area contributed by atoms with Gasteiger partial charge in [-0.05, 0) is 29.8 Å². The molecule has 0 atom stereocenters. The summed E-state index contributed by atoms with van der Waals surface area (Å²) >= 11 is 5.86. The first-order chi connectivity index (χ1) is 12.1. The summed E-state index contributed by atoms with van der Waals surface area (Å²) in [7, 11) is 5.32. The fourth-order valence-electron chi connectivity index (χ4n) is 2.14. The molecule has 0 radical (unpaired) electrons. The van der Waals surface area contributed by atoms with Crippen molar-refractivity contribution in [1.82, 2.24) is 15.2 Å². The van der Waals surface area contributed by atoms with Gasteiger partial charge in [-0.25, -0.2) is 4.98 Å². The van der Waals surface area contributed by atoms with Crippen LogP contribution in [0.1, 0.15) is 5.56 Å². The Morgan fingerprint density at radius 2 is 2.00 bits per heavy atom. The lowest BCUT2D eigenvalue weighted by Gasteiger charge is -2.22. The second kappa shape index (κ2) is 9.74. The van der Waals surface area contributed by atoms with Crippen LogP contribution in [0, 0.1) is 0 Å². The van der Waals surface area contributed by atoms with E-state index in [-0.39, 0.29) is 0 Å². The molecule has 0 saturated heterocycles. The van der Waals surface area contributed by atoms with E-state index in [9.17, 15) is 0 Å². The highest BCUT2D eigenvalue weighted by Crippen LogP contribution is 2.15. The first-order valence-corrected chi connectivity index (χ1v) is 8.29. The number of benzene rings is 1. The maximum atomic E-state index is 5.86. The van der Waals surface area contributed by atoms with E-state index in [0.717, 1.165) is 17.3 Å². The average molecular weight is 363 g/mol. The maximum absolute atomic E-state index is 5.86. The van der Waals surface area contributed by atoms with Gasteiger partial charge in [0, 0.05) is 37.9 Å². The predicted molar refractivity (Wildman–Crippen MR) is 101 cm³/mol. The number of hydrogen-bond acceptors (Lipinski definition) is 4. The molecule has 0 spiro atoms. The zero-order valence-electron chi connectivity index (χ0n) is 14.7. The highest BCUT2D eigenvalue weighted by atomic mass is 35.5. The van der Waals surface area contributed by atoms with Crippen molar-refractivity contribution in [2.24, 2.45) is 4.99 Å². The summed E-state index contributed by atoms with van der Waals surface area (Å²) in [6.07, 6.45) is 1.78. The number of hydrogen-bond donors (Lipinski definition) is 1. The minimum absolute atomic E-state index is 0.545. The molecule has 0 fully saturated rings. The van der Waals surface area contributed by atoms with E-state index in [1.165, 1.54) is 0 Å². The third kappa shape index (κ3) is 6.15. The van der Waals surface area contributed by atoms with E-state index < -0.39 is 0 Å². The molecule has 0 aliphatic carbocycles. The van der Waals surface area contributed by atoms with Crippen LogP contribution >= 0.6 is 11.6 Å². The molecule has 1 heterocycles. The van der Waals surface area contributed by atoms with Crippen molar-refractivity contribution in [3.05, 3.63) is 53.2 Å². The summed E-state index contributed by atoms with van der Waals surface area (Å²) in [4.78, 5) is 10.5. The van der Waals surface area contributed by atoms with Gasteiger partial charge in [-0.15, -0.1) is 0 Å². The van der Waals surface area contributed by atoms with Crippen LogP contribution in [0.3, 0.4) is 0 Å². The maximum Gasteiger partial charge on any atom is 0.212 e. The van der Waals surface area contributed by atoms with E-state index in [2.05, 4.69) is 15.3 Å². The molecular weight excluding hydrogens is 340 g/mol. The normalized spacial score (nSPS) is 11.1. The number of guanidine groups is 1. The number of halogens is 1. The van der Waals surface area contributed by atoms with Crippen molar-refractivity contribution in [2.45, 2.75) is 6.54 Å². The summed E-state index contributed by atoms with van der Waals surface area (Å²) in [5.74, 6) is 2.19. The van der Waals surface area contributed by atoms with Gasteiger partial charge in [0.2, 0.25) is 5.88 Å². The SMILES string of the molecule is CN=C(NCc1ccc(OC)nc1)N(C)CCOc1ccc(Cl)cc1. The number of rotatable bonds is 7. The van der Waals surface area contributed by atoms with Gasteiger partial charge in [0.15, 0.2) is 5.96 Å². The van der Waals surface area contributed by atoms with Gasteiger partial charge >= 0.3 is 0 Å². The molecule has 134 valence electrons. The van der Waals surface area contributed by atoms with Crippen LogP contribution in [-0.4, -0.2) is 50.2 Å². The van der Waals surface area contributed by atoms with Crippen LogP contribution in [-0.2, 0) is 6.54 Å². The highest BCUT2D eigenvalue weighted by molar-refractivity contribution is 6.30. The van der Waals surface area contributed by atoms with E-state index in [1.807, 2.05) is 48.3 Å². The fourth-order valence-corrected chi connectivity index (χ4v) is 2.27. The van der Waals surface area contributed by atoms with Crippen LogP contribution in [0.2, 0.25) is 5.02 Å². The van der Waals surface area contributed by atoms with Gasteiger partial charge in [0.1, 0.15) is 12.4 Å². The van der Waals surface area contributed by atoms with Crippen LogP contribution < -0.4 is 14.8 Å². The number of ether oxygens (including phenoxy) is 2. The largest absolute Gasteiger partial charge is 0.492 e. The van der Waals surface area contributed by atoms with Gasteiger partial charge in [-0.3, -0.25) is 4.99 Å². The minimum atomic E-state index is 0.545. The third-order valence-corrected chi connectivity index (χ3v) is 3.79. The van der Waals surface area contributed by atoms with E-state index >= 15 is 0 Å². The molecule has 2 aromatic rings. The Bertz CT molecular complexity index is 674. The van der Waals surface area contributed by atoms with E-state index in [4.69, 9.17) is 21.1 Å². The third-order valence-electron chi connectivity index (χ3n) is 3.54. The molecule has 1 N–H and O–H groups in total. The number of likely N-dealkylation sites (N-methyl/N-ethyl adjacent to an activating group) is 1.